The number of amides is 5. The summed E-state index contributed by atoms with van der Waals surface area (Å²) in [5.41, 5.74) is -0.00792. The number of imide groups is 2. The Morgan fingerprint density at radius 1 is 0.900 bits per heavy atom. The average molecular weight is 419 g/mol. The molecule has 1 N–H and O–H groups in total. The number of carbonyl (C=O) groups is 6. The van der Waals surface area contributed by atoms with Gasteiger partial charge in [0.05, 0.1) is 25.3 Å². The van der Waals surface area contributed by atoms with Crippen molar-refractivity contribution in [3.63, 3.8) is 0 Å². The maximum atomic E-state index is 12.4. The number of hydrogen-bond donors (Lipinski definition) is 1. The van der Waals surface area contributed by atoms with Crippen LogP contribution >= 0.6 is 0 Å². The summed E-state index contributed by atoms with van der Waals surface area (Å²) < 4.78 is 9.22. The molecular weight excluding hydrogens is 398 g/mol. The van der Waals surface area contributed by atoms with Gasteiger partial charge in [0, 0.05) is 12.2 Å². The lowest BCUT2D eigenvalue weighted by Gasteiger charge is -2.15. The second kappa shape index (κ2) is 9.63. The maximum absolute atomic E-state index is 12.4. The molecule has 11 heteroatoms. The normalized spacial score (nSPS) is 13.5. The van der Waals surface area contributed by atoms with Crippen molar-refractivity contribution in [1.82, 2.24) is 9.80 Å². The van der Waals surface area contributed by atoms with Gasteiger partial charge < -0.3 is 14.8 Å². The smallest absolute Gasteiger partial charge is 0.337 e. The van der Waals surface area contributed by atoms with Crippen molar-refractivity contribution < 1.29 is 38.2 Å². The number of esters is 2. The lowest BCUT2D eigenvalue weighted by atomic mass is 10.1. The highest BCUT2D eigenvalue weighted by Gasteiger charge is 2.44. The minimum absolute atomic E-state index is 0.0232. The molecule has 0 atom stereocenters. The van der Waals surface area contributed by atoms with Crippen molar-refractivity contribution in [1.29, 1.82) is 0 Å². The van der Waals surface area contributed by atoms with Crippen molar-refractivity contribution >= 4 is 41.4 Å². The molecule has 1 aliphatic heterocycles. The first-order chi connectivity index (χ1) is 14.2. The Balaban J connectivity index is 2.18. The molecule has 1 aromatic rings. The summed E-state index contributed by atoms with van der Waals surface area (Å²) in [5, 5.41) is 2.39. The number of urea groups is 1. The van der Waals surface area contributed by atoms with Gasteiger partial charge in [0.1, 0.15) is 6.54 Å². The molecule has 0 bridgehead atoms. The summed E-state index contributed by atoms with van der Waals surface area (Å²) in [6, 6.07) is 2.86. The summed E-state index contributed by atoms with van der Waals surface area (Å²) in [7, 11) is 2.30. The van der Waals surface area contributed by atoms with Gasteiger partial charge in [-0.05, 0) is 24.6 Å². The Labute approximate surface area is 171 Å². The molecular formula is C19H21N3O8. The number of rotatable bonds is 8. The number of hydrogen-bond acceptors (Lipinski definition) is 8. The molecule has 0 aromatic heterocycles. The SMILES string of the molecule is CCCCN1C(=O)C(=O)N(CC(=O)Nc2cc(C(=O)OC)cc(C(=O)OC)c2)C1=O. The number of nitrogens with one attached hydrogen (secondary N) is 1. The zero-order valence-electron chi connectivity index (χ0n) is 16.7. The predicted molar refractivity (Wildman–Crippen MR) is 101 cm³/mol. The lowest BCUT2D eigenvalue weighted by Crippen LogP contribution is -2.39. The summed E-state index contributed by atoms with van der Waals surface area (Å²) >= 11 is 0. The number of methoxy groups -OCH3 is 2. The topological polar surface area (TPSA) is 139 Å². The van der Waals surface area contributed by atoms with E-state index in [9.17, 15) is 28.8 Å². The fourth-order valence-electron chi connectivity index (χ4n) is 2.72. The van der Waals surface area contributed by atoms with E-state index < -0.39 is 42.2 Å². The fraction of sp³-hybridized carbons (Fsp3) is 0.368. The van der Waals surface area contributed by atoms with E-state index in [2.05, 4.69) is 14.8 Å². The van der Waals surface area contributed by atoms with Gasteiger partial charge >= 0.3 is 29.8 Å². The molecule has 2 rings (SSSR count). The molecule has 1 fully saturated rings. The molecule has 5 amide bonds. The van der Waals surface area contributed by atoms with Crippen molar-refractivity contribution in [2.45, 2.75) is 19.8 Å². The highest BCUT2D eigenvalue weighted by atomic mass is 16.5. The molecule has 1 heterocycles. The molecule has 11 nitrogen and oxygen atoms in total. The van der Waals surface area contributed by atoms with Crippen LogP contribution in [0.2, 0.25) is 0 Å². The fourth-order valence-corrected chi connectivity index (χ4v) is 2.72. The Bertz CT molecular complexity index is 877. The second-order valence-corrected chi connectivity index (χ2v) is 6.31. The highest BCUT2D eigenvalue weighted by Crippen LogP contribution is 2.18. The molecule has 0 unspecified atom stereocenters. The number of carbonyl (C=O) groups excluding carboxylic acids is 6. The van der Waals surface area contributed by atoms with Gasteiger partial charge in [0.15, 0.2) is 0 Å². The summed E-state index contributed by atoms with van der Waals surface area (Å²) in [6.07, 6.45) is 1.24. The van der Waals surface area contributed by atoms with Crippen LogP contribution in [0.15, 0.2) is 18.2 Å². The van der Waals surface area contributed by atoms with Crippen LogP contribution in [0, 0.1) is 0 Å². The molecule has 0 spiro atoms. The van der Waals surface area contributed by atoms with Gasteiger partial charge in [-0.1, -0.05) is 13.3 Å². The standard InChI is InChI=1S/C19H21N3O8/c1-4-5-6-21-15(24)16(25)22(19(21)28)10-14(23)20-13-8-11(17(26)29-2)7-12(9-13)18(27)30-3/h7-9H,4-6,10H2,1-3H3,(H,20,23). The van der Waals surface area contributed by atoms with Gasteiger partial charge in [0.25, 0.3) is 0 Å². The van der Waals surface area contributed by atoms with Crippen LogP contribution in [-0.2, 0) is 23.9 Å². The average Bonchev–Trinajstić information content (AvgIpc) is 2.93. The van der Waals surface area contributed by atoms with E-state index in [-0.39, 0.29) is 23.4 Å². The zero-order chi connectivity index (χ0) is 22.4. The Hall–Kier alpha value is -3.76. The quantitative estimate of drug-likeness (QED) is 0.371. The van der Waals surface area contributed by atoms with Crippen LogP contribution in [0.5, 0.6) is 0 Å². The largest absolute Gasteiger partial charge is 0.465 e. The van der Waals surface area contributed by atoms with Crippen LogP contribution in [0.4, 0.5) is 10.5 Å². The first-order valence-electron chi connectivity index (χ1n) is 9.02. The second-order valence-electron chi connectivity index (χ2n) is 6.31. The lowest BCUT2D eigenvalue weighted by molar-refractivity contribution is -0.143. The van der Waals surface area contributed by atoms with E-state index in [1.165, 1.54) is 18.2 Å². The van der Waals surface area contributed by atoms with E-state index in [1.54, 1.807) is 0 Å². The summed E-state index contributed by atoms with van der Waals surface area (Å²) in [5.74, 6) is -4.39. The minimum Gasteiger partial charge on any atom is -0.465 e. The van der Waals surface area contributed by atoms with Crippen LogP contribution in [-0.4, -0.2) is 72.8 Å². The van der Waals surface area contributed by atoms with Crippen LogP contribution in [0.3, 0.4) is 0 Å². The van der Waals surface area contributed by atoms with E-state index >= 15 is 0 Å². The third kappa shape index (κ3) is 4.80. The van der Waals surface area contributed by atoms with E-state index in [0.717, 1.165) is 19.1 Å². The predicted octanol–water partition coefficient (Wildman–Crippen LogP) is 0.789. The number of nitrogens with zero attached hydrogens (tertiary/aromatic N) is 2. The van der Waals surface area contributed by atoms with E-state index in [1.807, 2.05) is 6.92 Å². The van der Waals surface area contributed by atoms with Gasteiger partial charge in [-0.25, -0.2) is 19.3 Å². The van der Waals surface area contributed by atoms with Gasteiger partial charge in [0.2, 0.25) is 5.91 Å². The molecule has 1 aromatic carbocycles. The minimum atomic E-state index is -1.09. The maximum Gasteiger partial charge on any atom is 0.337 e. The monoisotopic (exact) mass is 419 g/mol. The van der Waals surface area contributed by atoms with E-state index in [0.29, 0.717) is 17.7 Å². The highest BCUT2D eigenvalue weighted by molar-refractivity contribution is 6.45. The van der Waals surface area contributed by atoms with Crippen LogP contribution in [0.25, 0.3) is 0 Å². The molecule has 0 aliphatic carbocycles. The van der Waals surface area contributed by atoms with Crippen molar-refractivity contribution in [2.24, 2.45) is 0 Å². The Morgan fingerprint density at radius 2 is 1.43 bits per heavy atom. The first kappa shape index (κ1) is 22.5. The van der Waals surface area contributed by atoms with Crippen molar-refractivity contribution in [3.8, 4) is 0 Å². The zero-order valence-corrected chi connectivity index (χ0v) is 16.7. The number of unbranched alkanes of at least 4 members (excludes halogenated alkanes) is 1. The number of anilines is 1. The summed E-state index contributed by atoms with van der Waals surface area (Å²) in [4.78, 5) is 73.6. The molecule has 1 aliphatic rings. The van der Waals surface area contributed by atoms with Gasteiger partial charge in [-0.2, -0.15) is 0 Å². The van der Waals surface area contributed by atoms with Gasteiger partial charge in [-0.15, -0.1) is 0 Å². The number of ether oxygens (including phenoxy) is 2. The van der Waals surface area contributed by atoms with Crippen molar-refractivity contribution in [3.05, 3.63) is 29.3 Å². The third-order valence-electron chi connectivity index (χ3n) is 4.23. The van der Waals surface area contributed by atoms with Gasteiger partial charge in [-0.3, -0.25) is 19.3 Å². The molecule has 0 saturated carbocycles. The van der Waals surface area contributed by atoms with E-state index in [4.69, 9.17) is 0 Å². The van der Waals surface area contributed by atoms with Crippen LogP contribution in [0.1, 0.15) is 40.5 Å². The number of benzene rings is 1. The summed E-state index contributed by atoms with van der Waals surface area (Å²) in [6.45, 7) is 1.24. The molecule has 1 saturated heterocycles. The molecule has 0 radical (unpaired) electrons. The van der Waals surface area contributed by atoms with Crippen molar-refractivity contribution in [2.75, 3.05) is 32.6 Å². The third-order valence-corrected chi connectivity index (χ3v) is 4.23. The Kier molecular flexibility index (Phi) is 7.23. The van der Waals surface area contributed by atoms with Crippen LogP contribution < -0.4 is 5.32 Å². The molecule has 160 valence electrons. The first-order valence-corrected chi connectivity index (χ1v) is 9.02. The Morgan fingerprint density at radius 3 is 1.93 bits per heavy atom. The molecule has 30 heavy (non-hydrogen) atoms.